The summed E-state index contributed by atoms with van der Waals surface area (Å²) in [5.41, 5.74) is -0.583. The van der Waals surface area contributed by atoms with Gasteiger partial charge in [0.1, 0.15) is 29.9 Å². The van der Waals surface area contributed by atoms with Gasteiger partial charge in [0, 0.05) is 18.2 Å². The predicted molar refractivity (Wildman–Crippen MR) is 113 cm³/mol. The van der Waals surface area contributed by atoms with Gasteiger partial charge in [0.25, 0.3) is 0 Å². The van der Waals surface area contributed by atoms with Crippen LogP contribution in [0.4, 0.5) is 0 Å². The smallest absolute Gasteiger partial charge is 0.303 e. The van der Waals surface area contributed by atoms with E-state index in [1.165, 1.54) is 24.3 Å². The Morgan fingerprint density at radius 1 is 1.07 bits per heavy atom. The van der Waals surface area contributed by atoms with Gasteiger partial charge in [-0.25, -0.2) is 9.67 Å². The van der Waals surface area contributed by atoms with Crippen molar-refractivity contribution in [2.75, 3.05) is 5.88 Å². The van der Waals surface area contributed by atoms with E-state index in [-0.39, 0.29) is 5.88 Å². The molecule has 0 spiro atoms. The lowest BCUT2D eigenvalue weighted by molar-refractivity contribution is -0.166. The van der Waals surface area contributed by atoms with Gasteiger partial charge in [0.15, 0.2) is 6.10 Å². The van der Waals surface area contributed by atoms with Gasteiger partial charge in [-0.1, -0.05) is 32.0 Å². The molecule has 0 aliphatic rings. The minimum atomic E-state index is -0.758. The minimum absolute atomic E-state index is 0.253. The zero-order valence-corrected chi connectivity index (χ0v) is 17.8. The number of halogens is 1. The first kappa shape index (κ1) is 21.6. The Hall–Kier alpha value is -3.06. The van der Waals surface area contributed by atoms with Gasteiger partial charge in [-0.2, -0.15) is 5.10 Å². The van der Waals surface area contributed by atoms with Crippen LogP contribution in [-0.2, 0) is 9.53 Å². The third-order valence-electron chi connectivity index (χ3n) is 4.42. The first-order chi connectivity index (χ1) is 14.4. The van der Waals surface area contributed by atoms with Gasteiger partial charge in [-0.05, 0) is 36.4 Å². The number of rotatable bonds is 9. The summed E-state index contributed by atoms with van der Waals surface area (Å²) in [6, 6.07) is 16.7. The van der Waals surface area contributed by atoms with Crippen LogP contribution in [0.2, 0.25) is 0 Å². The highest BCUT2D eigenvalue weighted by molar-refractivity contribution is 6.18. The number of carbonyl (C=O) groups is 1. The second-order valence-electron chi connectivity index (χ2n) is 7.42. The summed E-state index contributed by atoms with van der Waals surface area (Å²) < 4.78 is 19.1. The number of para-hydroxylation sites is 1. The number of nitrogens with zero attached hydrogens (tertiary/aromatic N) is 3. The second kappa shape index (κ2) is 9.63. The SMILES string of the molecule is CC(=O)OC(C(Oc1ccc(Oc2ccccc2)cc1)n1cncn1)C(C)(C)CCl. The molecule has 0 N–H and O–H groups in total. The quantitative estimate of drug-likeness (QED) is 0.357. The van der Waals surface area contributed by atoms with Crippen LogP contribution < -0.4 is 9.47 Å². The summed E-state index contributed by atoms with van der Waals surface area (Å²) in [7, 11) is 0. The normalized spacial score (nSPS) is 13.3. The van der Waals surface area contributed by atoms with Gasteiger partial charge >= 0.3 is 5.97 Å². The molecule has 3 rings (SSSR count). The Morgan fingerprint density at radius 2 is 1.70 bits per heavy atom. The lowest BCUT2D eigenvalue weighted by Crippen LogP contribution is -2.44. The molecule has 8 heteroatoms. The van der Waals surface area contributed by atoms with E-state index >= 15 is 0 Å². The molecule has 2 unspecified atom stereocenters. The number of esters is 1. The van der Waals surface area contributed by atoms with Gasteiger partial charge in [-0.15, -0.1) is 11.6 Å². The number of ether oxygens (including phenoxy) is 3. The molecule has 2 aromatic carbocycles. The van der Waals surface area contributed by atoms with Crippen molar-refractivity contribution in [3.05, 3.63) is 67.3 Å². The van der Waals surface area contributed by atoms with Crippen molar-refractivity contribution >= 4 is 17.6 Å². The molecular formula is C22H24ClN3O4. The summed E-state index contributed by atoms with van der Waals surface area (Å²) in [6.45, 7) is 5.15. The molecular weight excluding hydrogens is 406 g/mol. The average molecular weight is 430 g/mol. The van der Waals surface area contributed by atoms with E-state index in [1.807, 2.05) is 44.2 Å². The van der Waals surface area contributed by atoms with E-state index in [2.05, 4.69) is 10.1 Å². The molecule has 0 fully saturated rings. The van der Waals surface area contributed by atoms with Gasteiger partial charge < -0.3 is 14.2 Å². The standard InChI is InChI=1S/C22H24ClN3O4/c1-16(27)28-20(22(2,3)13-23)21(26-15-24-14-25-26)30-19-11-9-18(10-12-19)29-17-7-5-4-6-8-17/h4-12,14-15,20-21H,13H2,1-3H3. The second-order valence-corrected chi connectivity index (χ2v) is 7.69. The van der Waals surface area contributed by atoms with Gasteiger partial charge in [0.05, 0.1) is 0 Å². The monoisotopic (exact) mass is 429 g/mol. The van der Waals surface area contributed by atoms with Crippen LogP contribution >= 0.6 is 11.6 Å². The summed E-state index contributed by atoms with van der Waals surface area (Å²) in [6.07, 6.45) is 1.45. The van der Waals surface area contributed by atoms with Crippen LogP contribution in [-0.4, -0.2) is 32.7 Å². The van der Waals surface area contributed by atoms with Crippen molar-refractivity contribution in [1.29, 1.82) is 0 Å². The third kappa shape index (κ3) is 5.51. The predicted octanol–water partition coefficient (Wildman–Crippen LogP) is 4.84. The molecule has 30 heavy (non-hydrogen) atoms. The summed E-state index contributed by atoms with van der Waals surface area (Å²) in [4.78, 5) is 15.8. The lowest BCUT2D eigenvalue weighted by Gasteiger charge is -2.36. The van der Waals surface area contributed by atoms with E-state index in [0.717, 1.165) is 5.75 Å². The highest BCUT2D eigenvalue weighted by Crippen LogP contribution is 2.35. The zero-order chi connectivity index (χ0) is 21.6. The number of carbonyl (C=O) groups excluding carboxylic acids is 1. The van der Waals surface area contributed by atoms with Crippen molar-refractivity contribution in [3.8, 4) is 17.2 Å². The van der Waals surface area contributed by atoms with Crippen LogP contribution in [0.1, 0.15) is 27.0 Å². The molecule has 0 radical (unpaired) electrons. The zero-order valence-electron chi connectivity index (χ0n) is 17.1. The molecule has 0 bridgehead atoms. The molecule has 0 aliphatic heterocycles. The maximum absolute atomic E-state index is 11.8. The lowest BCUT2D eigenvalue weighted by atomic mass is 9.87. The highest BCUT2D eigenvalue weighted by atomic mass is 35.5. The van der Waals surface area contributed by atoms with Crippen molar-refractivity contribution in [1.82, 2.24) is 14.8 Å². The number of benzene rings is 2. The van der Waals surface area contributed by atoms with Crippen LogP contribution in [0.15, 0.2) is 67.3 Å². The van der Waals surface area contributed by atoms with Crippen molar-refractivity contribution < 1.29 is 19.0 Å². The molecule has 0 saturated carbocycles. The summed E-state index contributed by atoms with van der Waals surface area (Å²) in [5.74, 6) is 1.79. The highest BCUT2D eigenvalue weighted by Gasteiger charge is 2.41. The fourth-order valence-corrected chi connectivity index (χ4v) is 2.96. The average Bonchev–Trinajstić information content (AvgIpc) is 3.27. The molecule has 158 valence electrons. The van der Waals surface area contributed by atoms with E-state index in [0.29, 0.717) is 11.5 Å². The maximum Gasteiger partial charge on any atom is 0.303 e. The molecule has 0 amide bonds. The van der Waals surface area contributed by atoms with Crippen molar-refractivity contribution in [3.63, 3.8) is 0 Å². The molecule has 3 aromatic rings. The molecule has 1 aromatic heterocycles. The first-order valence-corrected chi connectivity index (χ1v) is 9.99. The van der Waals surface area contributed by atoms with Crippen molar-refractivity contribution in [2.45, 2.75) is 33.1 Å². The number of aromatic nitrogens is 3. The van der Waals surface area contributed by atoms with Crippen LogP contribution in [0.5, 0.6) is 17.2 Å². The van der Waals surface area contributed by atoms with E-state index < -0.39 is 23.7 Å². The largest absolute Gasteiger partial charge is 0.465 e. The number of hydrogen-bond acceptors (Lipinski definition) is 6. The summed E-state index contributed by atoms with van der Waals surface area (Å²) >= 11 is 6.17. The summed E-state index contributed by atoms with van der Waals surface area (Å²) in [5, 5.41) is 4.18. The Kier molecular flexibility index (Phi) is 6.95. The number of alkyl halides is 1. The Morgan fingerprint density at radius 3 is 2.27 bits per heavy atom. The van der Waals surface area contributed by atoms with E-state index in [1.54, 1.807) is 24.3 Å². The molecule has 7 nitrogen and oxygen atoms in total. The number of hydrogen-bond donors (Lipinski definition) is 0. The maximum atomic E-state index is 11.8. The Balaban J connectivity index is 1.83. The van der Waals surface area contributed by atoms with E-state index in [4.69, 9.17) is 25.8 Å². The molecule has 1 heterocycles. The fourth-order valence-electron chi connectivity index (χ4n) is 2.81. The van der Waals surface area contributed by atoms with Gasteiger partial charge in [-0.3, -0.25) is 4.79 Å². The van der Waals surface area contributed by atoms with Crippen molar-refractivity contribution in [2.24, 2.45) is 5.41 Å². The molecule has 0 saturated heterocycles. The third-order valence-corrected chi connectivity index (χ3v) is 5.11. The van der Waals surface area contributed by atoms with Crippen LogP contribution in [0.3, 0.4) is 0 Å². The molecule has 0 aliphatic carbocycles. The van der Waals surface area contributed by atoms with E-state index in [9.17, 15) is 4.79 Å². The minimum Gasteiger partial charge on any atom is -0.465 e. The van der Waals surface area contributed by atoms with Crippen LogP contribution in [0, 0.1) is 5.41 Å². The Bertz CT molecular complexity index is 931. The molecule has 2 atom stereocenters. The van der Waals surface area contributed by atoms with Crippen LogP contribution in [0.25, 0.3) is 0 Å². The first-order valence-electron chi connectivity index (χ1n) is 9.46. The topological polar surface area (TPSA) is 75.5 Å². The Labute approximate surface area is 180 Å². The van der Waals surface area contributed by atoms with Gasteiger partial charge in [0.2, 0.25) is 6.23 Å². The fraction of sp³-hybridized carbons (Fsp3) is 0.318.